The highest BCUT2D eigenvalue weighted by Crippen LogP contribution is 2.20. The second-order valence-corrected chi connectivity index (χ2v) is 4.76. The largest absolute Gasteiger partial charge is 0.330 e. The molecule has 0 saturated heterocycles. The molecule has 0 aliphatic carbocycles. The summed E-state index contributed by atoms with van der Waals surface area (Å²) in [6, 6.07) is 10.0. The molecule has 0 amide bonds. The third-order valence-electron chi connectivity index (χ3n) is 2.31. The zero-order valence-electron chi connectivity index (χ0n) is 9.81. The smallest absolute Gasteiger partial charge is 0.210 e. The summed E-state index contributed by atoms with van der Waals surface area (Å²) in [5.74, 6) is 0. The number of aromatic nitrogens is 2. The van der Waals surface area contributed by atoms with Gasteiger partial charge in [-0.3, -0.25) is 0 Å². The summed E-state index contributed by atoms with van der Waals surface area (Å²) in [6.07, 6.45) is 2.07. The van der Waals surface area contributed by atoms with Crippen molar-refractivity contribution in [3.8, 4) is 0 Å². The minimum absolute atomic E-state index is 0.857. The summed E-state index contributed by atoms with van der Waals surface area (Å²) in [6.45, 7) is 1.01. The molecule has 17 heavy (non-hydrogen) atoms. The normalized spacial score (nSPS) is 10.4. The Morgan fingerprint density at radius 2 is 2.00 bits per heavy atom. The number of nitrogens with zero attached hydrogens (tertiary/aromatic N) is 2. The highest BCUT2D eigenvalue weighted by Gasteiger charge is 2.03. The van der Waals surface area contributed by atoms with Crippen molar-refractivity contribution in [3.05, 3.63) is 35.3 Å². The van der Waals surface area contributed by atoms with Gasteiger partial charge in [0, 0.05) is 12.1 Å². The second kappa shape index (κ2) is 6.32. The Morgan fingerprint density at radius 1 is 1.18 bits per heavy atom. The fourth-order valence-corrected chi connectivity index (χ4v) is 2.27. The van der Waals surface area contributed by atoms with E-state index in [9.17, 15) is 0 Å². The van der Waals surface area contributed by atoms with Crippen molar-refractivity contribution in [2.24, 2.45) is 0 Å². The summed E-state index contributed by atoms with van der Waals surface area (Å²) >= 11 is 1.62. The van der Waals surface area contributed by atoms with Gasteiger partial charge in [-0.05, 0) is 32.1 Å². The molecule has 1 heterocycles. The minimum Gasteiger partial charge on any atom is -0.330 e. The Morgan fingerprint density at radius 3 is 2.76 bits per heavy atom. The van der Waals surface area contributed by atoms with Crippen LogP contribution in [0.15, 0.2) is 30.3 Å². The zero-order chi connectivity index (χ0) is 11.9. The van der Waals surface area contributed by atoms with Gasteiger partial charge in [0.25, 0.3) is 0 Å². The topological polar surface area (TPSA) is 49.8 Å². The third kappa shape index (κ3) is 3.80. The highest BCUT2D eigenvalue weighted by atomic mass is 32.1. The molecule has 0 aliphatic heterocycles. The van der Waals surface area contributed by atoms with Gasteiger partial charge in [-0.15, -0.1) is 10.2 Å². The van der Waals surface area contributed by atoms with Gasteiger partial charge in [-0.2, -0.15) is 0 Å². The molecule has 0 radical (unpaired) electrons. The monoisotopic (exact) mass is 248 g/mol. The van der Waals surface area contributed by atoms with Crippen LogP contribution in [-0.2, 0) is 6.42 Å². The lowest BCUT2D eigenvalue weighted by Gasteiger charge is -1.99. The Balaban J connectivity index is 1.90. The number of hydrogen-bond donors (Lipinski definition) is 2. The molecule has 0 atom stereocenters. The van der Waals surface area contributed by atoms with Crippen molar-refractivity contribution in [2.45, 2.75) is 12.8 Å². The number of rotatable bonds is 6. The van der Waals surface area contributed by atoms with E-state index in [0.717, 1.165) is 35.2 Å². The molecule has 1 aromatic carbocycles. The van der Waals surface area contributed by atoms with E-state index in [1.54, 1.807) is 11.3 Å². The maximum absolute atomic E-state index is 4.16. The second-order valence-electron chi connectivity index (χ2n) is 3.70. The molecule has 0 saturated carbocycles. The van der Waals surface area contributed by atoms with E-state index in [1.807, 2.05) is 37.4 Å². The van der Waals surface area contributed by atoms with Gasteiger partial charge in [0.15, 0.2) is 0 Å². The summed E-state index contributed by atoms with van der Waals surface area (Å²) < 4.78 is 0. The summed E-state index contributed by atoms with van der Waals surface area (Å²) in [5, 5.41) is 16.6. The third-order valence-corrected chi connectivity index (χ3v) is 3.21. The van der Waals surface area contributed by atoms with Crippen LogP contribution < -0.4 is 10.6 Å². The maximum Gasteiger partial charge on any atom is 0.210 e. The van der Waals surface area contributed by atoms with Gasteiger partial charge < -0.3 is 10.6 Å². The summed E-state index contributed by atoms with van der Waals surface area (Å²) in [5.41, 5.74) is 1.05. The molecular weight excluding hydrogens is 232 g/mol. The number of hydrogen-bond acceptors (Lipinski definition) is 5. The quantitative estimate of drug-likeness (QED) is 0.771. The van der Waals surface area contributed by atoms with E-state index in [1.165, 1.54) is 0 Å². The lowest BCUT2D eigenvalue weighted by molar-refractivity contribution is 0.718. The fourth-order valence-electron chi connectivity index (χ4n) is 1.47. The van der Waals surface area contributed by atoms with Gasteiger partial charge in [-0.1, -0.05) is 29.5 Å². The van der Waals surface area contributed by atoms with Crippen LogP contribution in [-0.4, -0.2) is 23.8 Å². The first-order chi connectivity index (χ1) is 8.38. The van der Waals surface area contributed by atoms with Gasteiger partial charge in [0.1, 0.15) is 5.01 Å². The minimum atomic E-state index is 0.857. The highest BCUT2D eigenvalue weighted by molar-refractivity contribution is 7.15. The van der Waals surface area contributed by atoms with Crippen LogP contribution in [0.5, 0.6) is 0 Å². The summed E-state index contributed by atoms with van der Waals surface area (Å²) in [7, 11) is 1.96. The predicted molar refractivity (Wildman–Crippen MR) is 71.9 cm³/mol. The van der Waals surface area contributed by atoms with Crippen LogP contribution in [0, 0.1) is 0 Å². The number of nitrogens with one attached hydrogen (secondary N) is 2. The number of aryl methyl sites for hydroxylation is 1. The van der Waals surface area contributed by atoms with Crippen LogP contribution >= 0.6 is 11.3 Å². The van der Waals surface area contributed by atoms with E-state index in [-0.39, 0.29) is 0 Å². The molecule has 0 spiro atoms. The molecule has 4 nitrogen and oxygen atoms in total. The number of anilines is 2. The molecule has 1 aromatic heterocycles. The van der Waals surface area contributed by atoms with Crippen molar-refractivity contribution < 1.29 is 0 Å². The average molecular weight is 248 g/mol. The Hall–Kier alpha value is -1.46. The van der Waals surface area contributed by atoms with Crippen molar-refractivity contribution in [1.82, 2.24) is 15.5 Å². The molecule has 5 heteroatoms. The first-order valence-electron chi connectivity index (χ1n) is 5.67. The maximum atomic E-state index is 4.16. The molecule has 2 N–H and O–H groups in total. The van der Waals surface area contributed by atoms with Crippen LogP contribution in [0.2, 0.25) is 0 Å². The van der Waals surface area contributed by atoms with Crippen LogP contribution in [0.3, 0.4) is 0 Å². The fraction of sp³-hybridized carbons (Fsp3) is 0.333. The molecule has 2 rings (SSSR count). The van der Waals surface area contributed by atoms with Crippen molar-refractivity contribution in [1.29, 1.82) is 0 Å². The molecule has 90 valence electrons. The predicted octanol–water partition coefficient (Wildman–Crippen LogP) is 2.43. The standard InChI is InChI=1S/C12H16N4S/c1-13-9-5-8-11-15-16-12(17-11)14-10-6-3-2-4-7-10/h2-4,6-7,13H,5,8-9H2,1H3,(H,14,16). The number of benzene rings is 1. The lowest BCUT2D eigenvalue weighted by atomic mass is 10.3. The molecular formula is C12H16N4S. The first kappa shape index (κ1) is 12.0. The SMILES string of the molecule is CNCCCc1nnc(Nc2ccccc2)s1. The average Bonchev–Trinajstić information content (AvgIpc) is 2.79. The van der Waals surface area contributed by atoms with E-state index in [2.05, 4.69) is 20.8 Å². The van der Waals surface area contributed by atoms with Gasteiger partial charge >= 0.3 is 0 Å². The van der Waals surface area contributed by atoms with E-state index in [4.69, 9.17) is 0 Å². The Kier molecular flexibility index (Phi) is 4.46. The van der Waals surface area contributed by atoms with Crippen molar-refractivity contribution >= 4 is 22.2 Å². The number of para-hydroxylation sites is 1. The van der Waals surface area contributed by atoms with Gasteiger partial charge in [0.2, 0.25) is 5.13 Å². The molecule has 0 aliphatic rings. The molecule has 0 fully saturated rings. The van der Waals surface area contributed by atoms with Gasteiger partial charge in [-0.25, -0.2) is 0 Å². The Bertz CT molecular complexity index is 441. The molecule has 2 aromatic rings. The first-order valence-corrected chi connectivity index (χ1v) is 6.49. The Labute approximate surface area is 105 Å². The van der Waals surface area contributed by atoms with Crippen molar-refractivity contribution in [3.63, 3.8) is 0 Å². The van der Waals surface area contributed by atoms with E-state index >= 15 is 0 Å². The summed E-state index contributed by atoms with van der Waals surface area (Å²) in [4.78, 5) is 0. The van der Waals surface area contributed by atoms with Crippen LogP contribution in [0.1, 0.15) is 11.4 Å². The van der Waals surface area contributed by atoms with E-state index in [0.29, 0.717) is 0 Å². The lowest BCUT2D eigenvalue weighted by Crippen LogP contribution is -2.08. The van der Waals surface area contributed by atoms with Crippen LogP contribution in [0.25, 0.3) is 0 Å². The van der Waals surface area contributed by atoms with Crippen LogP contribution in [0.4, 0.5) is 10.8 Å². The van der Waals surface area contributed by atoms with Gasteiger partial charge in [0.05, 0.1) is 0 Å². The molecule has 0 unspecified atom stereocenters. The zero-order valence-corrected chi connectivity index (χ0v) is 10.6. The van der Waals surface area contributed by atoms with E-state index < -0.39 is 0 Å². The van der Waals surface area contributed by atoms with Crippen molar-refractivity contribution in [2.75, 3.05) is 18.9 Å². The molecule has 0 bridgehead atoms.